The Morgan fingerprint density at radius 3 is 2.70 bits per heavy atom. The van der Waals surface area contributed by atoms with Crippen LogP contribution in [0.15, 0.2) is 59.2 Å². The molecule has 0 radical (unpaired) electrons. The first-order valence-electron chi connectivity index (χ1n) is 11.8. The molecule has 0 spiro atoms. The van der Waals surface area contributed by atoms with Crippen molar-refractivity contribution in [2.24, 2.45) is 0 Å². The van der Waals surface area contributed by atoms with Crippen molar-refractivity contribution in [1.82, 2.24) is 4.90 Å². The SMILES string of the molecule is COc1cccc2cc(C3CC4CCC(C3)N4C[C@H](O)COc3cccc4occc34)sc12. The fourth-order valence-electron chi connectivity index (χ4n) is 5.80. The number of thiophene rings is 1. The van der Waals surface area contributed by atoms with E-state index in [1.807, 2.05) is 41.7 Å². The molecule has 1 N–H and O–H groups in total. The highest BCUT2D eigenvalue weighted by molar-refractivity contribution is 7.19. The van der Waals surface area contributed by atoms with Crippen LogP contribution < -0.4 is 9.47 Å². The van der Waals surface area contributed by atoms with Crippen LogP contribution in [0.3, 0.4) is 0 Å². The number of benzene rings is 2. The maximum absolute atomic E-state index is 10.8. The zero-order chi connectivity index (χ0) is 22.4. The Labute approximate surface area is 197 Å². The number of fused-ring (bicyclic) bond motifs is 4. The molecular formula is C27H29NO4S. The lowest BCUT2D eigenvalue weighted by molar-refractivity contribution is 0.0323. The number of piperidine rings is 1. The van der Waals surface area contributed by atoms with Crippen molar-refractivity contribution < 1.29 is 19.0 Å². The van der Waals surface area contributed by atoms with Gasteiger partial charge >= 0.3 is 0 Å². The molecule has 4 aromatic rings. The van der Waals surface area contributed by atoms with Crippen LogP contribution >= 0.6 is 11.3 Å². The molecule has 5 nitrogen and oxygen atoms in total. The third-order valence-electron chi connectivity index (χ3n) is 7.34. The van der Waals surface area contributed by atoms with Gasteiger partial charge < -0.3 is 19.0 Å². The van der Waals surface area contributed by atoms with Gasteiger partial charge in [-0.1, -0.05) is 18.2 Å². The van der Waals surface area contributed by atoms with Crippen LogP contribution in [0.1, 0.15) is 36.5 Å². The summed E-state index contributed by atoms with van der Waals surface area (Å²) in [7, 11) is 1.75. The average Bonchev–Trinajstić information content (AvgIpc) is 3.53. The van der Waals surface area contributed by atoms with Crippen molar-refractivity contribution in [1.29, 1.82) is 0 Å². The molecule has 2 fully saturated rings. The number of rotatable bonds is 7. The number of hydrogen-bond donors (Lipinski definition) is 1. The molecule has 2 aliphatic rings. The number of furan rings is 1. The van der Waals surface area contributed by atoms with E-state index in [1.165, 1.54) is 27.8 Å². The summed E-state index contributed by atoms with van der Waals surface area (Å²) in [5.74, 6) is 2.33. The lowest BCUT2D eigenvalue weighted by Crippen LogP contribution is -2.47. The molecule has 0 aliphatic carbocycles. The molecule has 0 saturated carbocycles. The number of ether oxygens (including phenoxy) is 2. The third kappa shape index (κ3) is 3.90. The van der Waals surface area contributed by atoms with Crippen LogP contribution in [0.4, 0.5) is 0 Å². The fourth-order valence-corrected chi connectivity index (χ4v) is 7.07. The van der Waals surface area contributed by atoms with Gasteiger partial charge in [0, 0.05) is 23.5 Å². The quantitative estimate of drug-likeness (QED) is 0.375. The Morgan fingerprint density at radius 1 is 1.09 bits per heavy atom. The smallest absolute Gasteiger partial charge is 0.137 e. The topological polar surface area (TPSA) is 55.1 Å². The lowest BCUT2D eigenvalue weighted by Gasteiger charge is -2.39. The van der Waals surface area contributed by atoms with Crippen LogP contribution in [0.2, 0.25) is 0 Å². The lowest BCUT2D eigenvalue weighted by atomic mass is 9.89. The van der Waals surface area contributed by atoms with Gasteiger partial charge in [-0.3, -0.25) is 4.90 Å². The predicted molar refractivity (Wildman–Crippen MR) is 132 cm³/mol. The standard InChI is InChI=1S/C27H29NO4S/c1-30-25-7-2-4-17-14-26(33-27(17)25)18-12-19-8-9-20(13-18)28(19)15-21(29)16-32-24-6-3-5-23-22(24)10-11-31-23/h2-7,10-11,14,18-21,29H,8-9,12-13,15-16H2,1H3/t18?,19?,20?,21-/m0/s1. The normalized spacial score (nSPS) is 23.9. The van der Waals surface area contributed by atoms with Gasteiger partial charge in [0.05, 0.1) is 23.5 Å². The molecule has 6 heteroatoms. The molecular weight excluding hydrogens is 434 g/mol. The molecule has 172 valence electrons. The summed E-state index contributed by atoms with van der Waals surface area (Å²) in [6.07, 6.45) is 5.92. The second-order valence-corrected chi connectivity index (χ2v) is 10.4. The van der Waals surface area contributed by atoms with Gasteiger partial charge in [-0.05, 0) is 67.3 Å². The molecule has 0 amide bonds. The highest BCUT2D eigenvalue weighted by atomic mass is 32.1. The highest BCUT2D eigenvalue weighted by Gasteiger charge is 2.42. The Morgan fingerprint density at radius 2 is 1.88 bits per heavy atom. The number of nitrogens with zero attached hydrogens (tertiary/aromatic N) is 1. The Bertz CT molecular complexity index is 1250. The number of hydrogen-bond acceptors (Lipinski definition) is 6. The van der Waals surface area contributed by atoms with Crippen molar-refractivity contribution in [3.05, 3.63) is 59.7 Å². The molecule has 2 saturated heterocycles. The molecule has 33 heavy (non-hydrogen) atoms. The zero-order valence-electron chi connectivity index (χ0n) is 18.8. The second kappa shape index (κ2) is 8.67. The molecule has 3 atom stereocenters. The molecule has 2 bridgehead atoms. The fraction of sp³-hybridized carbons (Fsp3) is 0.407. The number of methoxy groups -OCH3 is 1. The van der Waals surface area contributed by atoms with Crippen molar-refractivity contribution in [3.63, 3.8) is 0 Å². The second-order valence-electron chi connectivity index (χ2n) is 9.33. The zero-order valence-corrected chi connectivity index (χ0v) is 19.6. The first-order valence-corrected chi connectivity index (χ1v) is 12.6. The third-order valence-corrected chi connectivity index (χ3v) is 8.67. The van der Waals surface area contributed by atoms with Crippen molar-refractivity contribution >= 4 is 32.4 Å². The maximum Gasteiger partial charge on any atom is 0.137 e. The van der Waals surface area contributed by atoms with Crippen LogP contribution in [-0.4, -0.2) is 48.5 Å². The summed E-state index contributed by atoms with van der Waals surface area (Å²) in [6.45, 7) is 0.962. The molecule has 2 unspecified atom stereocenters. The van der Waals surface area contributed by atoms with Crippen molar-refractivity contribution in [3.8, 4) is 11.5 Å². The monoisotopic (exact) mass is 463 g/mol. The van der Waals surface area contributed by atoms with Gasteiger partial charge in [-0.25, -0.2) is 0 Å². The summed E-state index contributed by atoms with van der Waals surface area (Å²) >= 11 is 1.89. The van der Waals surface area contributed by atoms with E-state index >= 15 is 0 Å². The van der Waals surface area contributed by atoms with Crippen LogP contribution in [0.5, 0.6) is 11.5 Å². The molecule has 2 aromatic carbocycles. The van der Waals surface area contributed by atoms with Gasteiger partial charge in [0.25, 0.3) is 0 Å². The largest absolute Gasteiger partial charge is 0.495 e. The first kappa shape index (κ1) is 21.0. The predicted octanol–water partition coefficient (Wildman–Crippen LogP) is 5.81. The van der Waals surface area contributed by atoms with E-state index in [1.54, 1.807) is 13.4 Å². The summed E-state index contributed by atoms with van der Waals surface area (Å²) in [5, 5.41) is 13.0. The maximum atomic E-state index is 10.8. The van der Waals surface area contributed by atoms with Gasteiger partial charge in [0.15, 0.2) is 0 Å². The summed E-state index contributed by atoms with van der Waals surface area (Å²) in [6, 6.07) is 17.4. The molecule has 2 aliphatic heterocycles. The number of aliphatic hydroxyl groups is 1. The average molecular weight is 464 g/mol. The molecule has 2 aromatic heterocycles. The summed E-state index contributed by atoms with van der Waals surface area (Å²) in [4.78, 5) is 4.01. The summed E-state index contributed by atoms with van der Waals surface area (Å²) in [5.41, 5.74) is 0.806. The van der Waals surface area contributed by atoms with Crippen LogP contribution in [0, 0.1) is 0 Å². The molecule has 4 heterocycles. The molecule has 6 rings (SSSR count). The minimum atomic E-state index is -0.514. The van der Waals surface area contributed by atoms with E-state index in [9.17, 15) is 5.11 Å². The van der Waals surface area contributed by atoms with E-state index in [2.05, 4.69) is 23.1 Å². The highest BCUT2D eigenvalue weighted by Crippen LogP contribution is 2.46. The van der Waals surface area contributed by atoms with Gasteiger partial charge in [0.2, 0.25) is 0 Å². The van der Waals surface area contributed by atoms with E-state index in [-0.39, 0.29) is 0 Å². The first-order chi connectivity index (χ1) is 16.2. The van der Waals surface area contributed by atoms with Crippen molar-refractivity contribution in [2.75, 3.05) is 20.3 Å². The van der Waals surface area contributed by atoms with Gasteiger partial charge in [0.1, 0.15) is 29.8 Å². The Balaban J connectivity index is 1.10. The van der Waals surface area contributed by atoms with E-state index < -0.39 is 6.10 Å². The van der Waals surface area contributed by atoms with E-state index in [0.717, 1.165) is 35.3 Å². The van der Waals surface area contributed by atoms with Gasteiger partial charge in [-0.2, -0.15) is 0 Å². The minimum absolute atomic E-state index is 0.291. The minimum Gasteiger partial charge on any atom is -0.495 e. The Hall–Kier alpha value is -2.54. The summed E-state index contributed by atoms with van der Waals surface area (Å²) < 4.78 is 18.2. The van der Waals surface area contributed by atoms with Crippen molar-refractivity contribution in [2.45, 2.75) is 49.8 Å². The van der Waals surface area contributed by atoms with Crippen LogP contribution in [-0.2, 0) is 0 Å². The van der Waals surface area contributed by atoms with Gasteiger partial charge in [-0.15, -0.1) is 11.3 Å². The van der Waals surface area contributed by atoms with E-state index in [0.29, 0.717) is 31.2 Å². The number of aliphatic hydroxyl groups excluding tert-OH is 1. The van der Waals surface area contributed by atoms with Crippen LogP contribution in [0.25, 0.3) is 21.1 Å². The Kier molecular flexibility index (Phi) is 5.52. The van der Waals surface area contributed by atoms with E-state index in [4.69, 9.17) is 13.9 Å².